The van der Waals surface area contributed by atoms with Gasteiger partial charge in [-0.3, -0.25) is 0 Å². The Labute approximate surface area is 108 Å². The van der Waals surface area contributed by atoms with Crippen LogP contribution in [0.2, 0.25) is 0 Å². The molecule has 7 heteroatoms. The summed E-state index contributed by atoms with van der Waals surface area (Å²) in [6, 6.07) is 1.43. The topological polar surface area (TPSA) is 107 Å². The lowest BCUT2D eigenvalue weighted by atomic mass is 10.2. The van der Waals surface area contributed by atoms with Crippen LogP contribution < -0.4 is 5.73 Å². The third-order valence-corrected chi connectivity index (χ3v) is 2.85. The van der Waals surface area contributed by atoms with E-state index in [4.69, 9.17) is 14.7 Å². The first-order valence-corrected chi connectivity index (χ1v) is 5.85. The third kappa shape index (κ3) is 2.27. The molecule has 3 aromatic rings. The predicted octanol–water partition coefficient (Wildman–Crippen LogP) is 1.60. The van der Waals surface area contributed by atoms with E-state index in [-0.39, 0.29) is 6.04 Å². The molecule has 98 valence electrons. The maximum absolute atomic E-state index is 6.02. The zero-order valence-corrected chi connectivity index (χ0v) is 10.3. The minimum absolute atomic E-state index is 0.367. The molecule has 0 radical (unpaired) electrons. The summed E-state index contributed by atoms with van der Waals surface area (Å²) in [6.07, 6.45) is 5.48. The van der Waals surface area contributed by atoms with Gasteiger partial charge in [0.05, 0.1) is 24.2 Å². The Bertz CT molecular complexity index is 655. The van der Waals surface area contributed by atoms with E-state index in [2.05, 4.69) is 20.1 Å². The van der Waals surface area contributed by atoms with Crippen LogP contribution in [0.15, 0.2) is 33.8 Å². The van der Waals surface area contributed by atoms with Crippen molar-refractivity contribution in [3.8, 4) is 11.4 Å². The van der Waals surface area contributed by atoms with Gasteiger partial charge >= 0.3 is 0 Å². The molecule has 3 rings (SSSR count). The number of aromatic nitrogens is 4. The van der Waals surface area contributed by atoms with E-state index in [0.29, 0.717) is 18.1 Å². The van der Waals surface area contributed by atoms with Gasteiger partial charge in [0.15, 0.2) is 0 Å². The first-order valence-electron chi connectivity index (χ1n) is 5.85. The molecule has 0 unspecified atom stereocenters. The molecule has 3 aromatic heterocycles. The van der Waals surface area contributed by atoms with Gasteiger partial charge in [-0.05, 0) is 13.0 Å². The monoisotopic (exact) mass is 259 g/mol. The van der Waals surface area contributed by atoms with Crippen molar-refractivity contribution in [3.05, 3.63) is 42.2 Å². The van der Waals surface area contributed by atoms with Crippen molar-refractivity contribution < 1.29 is 8.94 Å². The second-order valence-electron chi connectivity index (χ2n) is 4.23. The van der Waals surface area contributed by atoms with E-state index in [0.717, 1.165) is 17.0 Å². The molecule has 3 N–H and O–H groups in total. The van der Waals surface area contributed by atoms with Crippen LogP contribution in [-0.2, 0) is 6.42 Å². The normalized spacial score (nSPS) is 12.7. The minimum Gasteiger partial charge on any atom is -0.469 e. The van der Waals surface area contributed by atoms with E-state index in [1.165, 1.54) is 0 Å². The molecular weight excluding hydrogens is 246 g/mol. The van der Waals surface area contributed by atoms with E-state index in [1.807, 2.05) is 6.92 Å². The van der Waals surface area contributed by atoms with Gasteiger partial charge in [0, 0.05) is 18.3 Å². The average Bonchev–Trinajstić information content (AvgIpc) is 3.08. The standard InChI is InChI=1S/C12H13N5O2/c1-7-9(2-3-18-7)11-16-12(19-17-11)10(13)4-8-5-14-6-15-8/h2-3,5-6,10H,4,13H2,1H3,(H,14,15)/t10-/m1/s1. The number of hydrogen-bond acceptors (Lipinski definition) is 6. The molecule has 0 bridgehead atoms. The lowest BCUT2D eigenvalue weighted by Gasteiger charge is -2.03. The maximum Gasteiger partial charge on any atom is 0.244 e. The molecule has 0 saturated carbocycles. The van der Waals surface area contributed by atoms with Gasteiger partial charge in [-0.1, -0.05) is 5.16 Å². The largest absolute Gasteiger partial charge is 0.469 e. The Kier molecular flexibility index (Phi) is 2.88. The summed E-state index contributed by atoms with van der Waals surface area (Å²) in [5.74, 6) is 1.63. The molecule has 0 aromatic carbocycles. The smallest absolute Gasteiger partial charge is 0.244 e. The van der Waals surface area contributed by atoms with Crippen LogP contribution >= 0.6 is 0 Å². The summed E-state index contributed by atoms with van der Waals surface area (Å²) in [5.41, 5.74) is 7.76. The summed E-state index contributed by atoms with van der Waals surface area (Å²) >= 11 is 0. The molecule has 0 aliphatic carbocycles. The van der Waals surface area contributed by atoms with Gasteiger partial charge in [0.25, 0.3) is 0 Å². The van der Waals surface area contributed by atoms with Crippen molar-refractivity contribution >= 4 is 0 Å². The fraction of sp³-hybridized carbons (Fsp3) is 0.250. The fourth-order valence-corrected chi connectivity index (χ4v) is 1.83. The molecule has 0 spiro atoms. The summed E-state index contributed by atoms with van der Waals surface area (Å²) in [4.78, 5) is 11.2. The highest BCUT2D eigenvalue weighted by Crippen LogP contribution is 2.23. The highest BCUT2D eigenvalue weighted by molar-refractivity contribution is 5.56. The van der Waals surface area contributed by atoms with Crippen molar-refractivity contribution in [3.63, 3.8) is 0 Å². The Morgan fingerprint density at radius 3 is 3.05 bits per heavy atom. The summed E-state index contributed by atoms with van der Waals surface area (Å²) in [7, 11) is 0. The first-order chi connectivity index (χ1) is 9.24. The Hall–Kier alpha value is -2.41. The second kappa shape index (κ2) is 4.69. The fourth-order valence-electron chi connectivity index (χ4n) is 1.83. The van der Waals surface area contributed by atoms with Crippen LogP contribution in [0.5, 0.6) is 0 Å². The van der Waals surface area contributed by atoms with Crippen LogP contribution in [0.25, 0.3) is 11.4 Å². The molecule has 0 fully saturated rings. The van der Waals surface area contributed by atoms with Gasteiger partial charge in [-0.25, -0.2) is 4.98 Å². The maximum atomic E-state index is 6.02. The van der Waals surface area contributed by atoms with Crippen LogP contribution in [0.4, 0.5) is 0 Å². The van der Waals surface area contributed by atoms with Gasteiger partial charge in [-0.2, -0.15) is 4.98 Å². The third-order valence-electron chi connectivity index (χ3n) is 2.85. The van der Waals surface area contributed by atoms with E-state index in [9.17, 15) is 0 Å². The Morgan fingerprint density at radius 1 is 1.47 bits per heavy atom. The molecule has 0 amide bonds. The van der Waals surface area contributed by atoms with Gasteiger partial charge in [-0.15, -0.1) is 0 Å². The molecule has 0 aliphatic heterocycles. The molecular formula is C12H13N5O2. The summed E-state index contributed by atoms with van der Waals surface area (Å²) in [5, 5.41) is 3.92. The van der Waals surface area contributed by atoms with Crippen molar-refractivity contribution in [2.45, 2.75) is 19.4 Å². The van der Waals surface area contributed by atoms with Crippen molar-refractivity contribution in [1.29, 1.82) is 0 Å². The van der Waals surface area contributed by atoms with E-state index in [1.54, 1.807) is 24.9 Å². The minimum atomic E-state index is -0.367. The lowest BCUT2D eigenvalue weighted by molar-refractivity contribution is 0.354. The van der Waals surface area contributed by atoms with Crippen molar-refractivity contribution in [2.24, 2.45) is 5.73 Å². The quantitative estimate of drug-likeness (QED) is 0.737. The van der Waals surface area contributed by atoms with Crippen LogP contribution in [0.3, 0.4) is 0 Å². The summed E-state index contributed by atoms with van der Waals surface area (Å²) < 4.78 is 10.4. The first kappa shape index (κ1) is 11.7. The molecule has 7 nitrogen and oxygen atoms in total. The van der Waals surface area contributed by atoms with Crippen LogP contribution in [-0.4, -0.2) is 20.1 Å². The number of rotatable bonds is 4. The van der Waals surface area contributed by atoms with Crippen LogP contribution in [0.1, 0.15) is 23.4 Å². The second-order valence-corrected chi connectivity index (χ2v) is 4.23. The summed E-state index contributed by atoms with van der Waals surface area (Å²) in [6.45, 7) is 1.84. The Morgan fingerprint density at radius 2 is 2.37 bits per heavy atom. The van der Waals surface area contributed by atoms with Gasteiger partial charge in [0.2, 0.25) is 11.7 Å². The van der Waals surface area contributed by atoms with Gasteiger partial charge in [0.1, 0.15) is 5.76 Å². The number of nitrogens with two attached hydrogens (primary N) is 1. The molecule has 0 saturated heterocycles. The van der Waals surface area contributed by atoms with E-state index >= 15 is 0 Å². The molecule has 19 heavy (non-hydrogen) atoms. The number of imidazole rings is 1. The number of aromatic amines is 1. The number of nitrogens with zero attached hydrogens (tertiary/aromatic N) is 3. The molecule has 0 aliphatic rings. The lowest BCUT2D eigenvalue weighted by Crippen LogP contribution is -2.13. The van der Waals surface area contributed by atoms with Crippen LogP contribution in [0, 0.1) is 6.92 Å². The number of H-pyrrole nitrogens is 1. The predicted molar refractivity (Wildman–Crippen MR) is 66.0 cm³/mol. The van der Waals surface area contributed by atoms with Gasteiger partial charge < -0.3 is 19.7 Å². The number of aryl methyl sites for hydroxylation is 1. The Balaban J connectivity index is 1.79. The van der Waals surface area contributed by atoms with E-state index < -0.39 is 0 Å². The number of furan rings is 1. The number of nitrogens with one attached hydrogen (secondary N) is 1. The zero-order chi connectivity index (χ0) is 13.2. The highest BCUT2D eigenvalue weighted by Gasteiger charge is 2.18. The SMILES string of the molecule is Cc1occc1-c1noc([C@H](N)Cc2cnc[nH]2)n1. The molecule has 1 atom stereocenters. The zero-order valence-electron chi connectivity index (χ0n) is 10.3. The molecule has 3 heterocycles. The highest BCUT2D eigenvalue weighted by atomic mass is 16.5. The average molecular weight is 259 g/mol. The van der Waals surface area contributed by atoms with Crippen molar-refractivity contribution in [2.75, 3.05) is 0 Å². The van der Waals surface area contributed by atoms with Crippen molar-refractivity contribution in [1.82, 2.24) is 20.1 Å². The number of hydrogen-bond donors (Lipinski definition) is 2.